The smallest absolute Gasteiger partial charge is 0.142 e. The van der Waals surface area contributed by atoms with Crippen molar-refractivity contribution in [1.82, 2.24) is 0 Å². The van der Waals surface area contributed by atoms with Gasteiger partial charge in [0.05, 0.1) is 0 Å². The maximum Gasteiger partial charge on any atom is 0.142 e. The molecule has 0 aromatic heterocycles. The van der Waals surface area contributed by atoms with E-state index in [4.69, 9.17) is 0 Å². The van der Waals surface area contributed by atoms with Crippen molar-refractivity contribution in [2.45, 2.75) is 0 Å². The first-order valence-corrected chi connectivity index (χ1v) is 3.99. The molecule has 1 nitrogen and oxygen atoms in total. The highest BCUT2D eigenvalue weighted by molar-refractivity contribution is 9.10. The molecule has 0 saturated carbocycles. The van der Waals surface area contributed by atoms with Gasteiger partial charge in [-0.2, -0.15) is 0 Å². The van der Waals surface area contributed by atoms with E-state index in [1.54, 1.807) is 6.08 Å². The summed E-state index contributed by atoms with van der Waals surface area (Å²) in [5.41, 5.74) is 1.03. The fourth-order valence-electron chi connectivity index (χ4n) is 0.724. The van der Waals surface area contributed by atoms with Gasteiger partial charge in [0.2, 0.25) is 0 Å². The lowest BCUT2D eigenvalue weighted by Crippen LogP contribution is -1.70. The molecule has 0 unspecified atom stereocenters. The topological polar surface area (TPSA) is 17.1 Å². The Hall–Kier alpha value is -0.600. The van der Waals surface area contributed by atoms with Crippen LogP contribution in [0.1, 0.15) is 5.56 Å². The minimum atomic E-state index is 0. The van der Waals surface area contributed by atoms with Crippen molar-refractivity contribution in [2.75, 3.05) is 0 Å². The molecule has 0 aliphatic rings. The molecule has 0 aliphatic heterocycles. The lowest BCUT2D eigenvalue weighted by Gasteiger charge is -1.91. The third kappa shape index (κ3) is 3.69. The molecular formula is C9H8BrClO. The number of carbonyl (C=O) groups excluding carboxylic acids is 1. The molecular weight excluding hydrogens is 239 g/mol. The fourth-order valence-corrected chi connectivity index (χ4v) is 0.989. The highest BCUT2D eigenvalue weighted by Gasteiger charge is 1.85. The number of carbonyl (C=O) groups is 1. The third-order valence-corrected chi connectivity index (χ3v) is 1.77. The van der Waals surface area contributed by atoms with Gasteiger partial charge in [0.15, 0.2) is 0 Å². The van der Waals surface area contributed by atoms with Gasteiger partial charge < -0.3 is 0 Å². The van der Waals surface area contributed by atoms with E-state index in [1.807, 2.05) is 24.3 Å². The number of hydrogen-bond donors (Lipinski definition) is 0. The molecule has 0 aliphatic carbocycles. The number of rotatable bonds is 2. The molecule has 1 rings (SSSR count). The SMILES string of the molecule is Cl.O=CC=Cc1ccc(Br)cc1. The number of hydrogen-bond acceptors (Lipinski definition) is 1. The average Bonchev–Trinajstić information content (AvgIpc) is 2.04. The molecule has 1 aromatic carbocycles. The molecule has 0 N–H and O–H groups in total. The monoisotopic (exact) mass is 246 g/mol. The molecule has 0 amide bonds. The summed E-state index contributed by atoms with van der Waals surface area (Å²) < 4.78 is 1.04. The summed E-state index contributed by atoms with van der Waals surface area (Å²) in [5, 5.41) is 0. The third-order valence-electron chi connectivity index (χ3n) is 1.24. The summed E-state index contributed by atoms with van der Waals surface area (Å²) in [7, 11) is 0. The Labute approximate surface area is 86.0 Å². The van der Waals surface area contributed by atoms with Crippen LogP contribution in [0.25, 0.3) is 6.08 Å². The van der Waals surface area contributed by atoms with Crippen molar-refractivity contribution < 1.29 is 4.79 Å². The molecule has 0 heterocycles. The zero-order valence-corrected chi connectivity index (χ0v) is 8.64. The van der Waals surface area contributed by atoms with Crippen LogP contribution in [0.3, 0.4) is 0 Å². The van der Waals surface area contributed by atoms with E-state index in [0.29, 0.717) is 0 Å². The van der Waals surface area contributed by atoms with Crippen LogP contribution in [0, 0.1) is 0 Å². The van der Waals surface area contributed by atoms with Crippen LogP contribution in [0.5, 0.6) is 0 Å². The molecule has 0 bridgehead atoms. The van der Waals surface area contributed by atoms with E-state index >= 15 is 0 Å². The quantitative estimate of drug-likeness (QED) is 0.580. The summed E-state index contributed by atoms with van der Waals surface area (Å²) in [6.45, 7) is 0. The van der Waals surface area contributed by atoms with E-state index in [1.165, 1.54) is 6.08 Å². The van der Waals surface area contributed by atoms with Crippen LogP contribution in [-0.2, 0) is 4.79 Å². The first-order chi connectivity index (χ1) is 5.33. The summed E-state index contributed by atoms with van der Waals surface area (Å²) in [6.07, 6.45) is 4.00. The molecule has 0 saturated heterocycles. The van der Waals surface area contributed by atoms with Crippen molar-refractivity contribution in [1.29, 1.82) is 0 Å². The Balaban J connectivity index is 0.00000121. The Bertz CT molecular complexity index is 266. The van der Waals surface area contributed by atoms with Crippen molar-refractivity contribution in [3.05, 3.63) is 40.4 Å². The molecule has 3 heteroatoms. The summed E-state index contributed by atoms with van der Waals surface area (Å²) in [5.74, 6) is 0. The number of halogens is 2. The Morgan fingerprint density at radius 1 is 1.17 bits per heavy atom. The fraction of sp³-hybridized carbons (Fsp3) is 0. The van der Waals surface area contributed by atoms with Crippen molar-refractivity contribution >= 4 is 40.7 Å². The van der Waals surface area contributed by atoms with Gasteiger partial charge in [0.25, 0.3) is 0 Å². The maximum atomic E-state index is 9.95. The van der Waals surface area contributed by atoms with E-state index in [0.717, 1.165) is 16.3 Å². The second kappa shape index (κ2) is 5.98. The van der Waals surface area contributed by atoms with Crippen LogP contribution in [0.2, 0.25) is 0 Å². The minimum Gasteiger partial charge on any atom is -0.299 e. The molecule has 0 radical (unpaired) electrons. The number of allylic oxidation sites excluding steroid dienone is 1. The van der Waals surface area contributed by atoms with Gasteiger partial charge in [0, 0.05) is 4.47 Å². The standard InChI is InChI=1S/C9H7BrO.ClH/c10-9-5-3-8(4-6-9)2-1-7-11;/h1-7H;1H. The van der Waals surface area contributed by atoms with E-state index in [2.05, 4.69) is 15.9 Å². The van der Waals surface area contributed by atoms with Crippen molar-refractivity contribution in [3.63, 3.8) is 0 Å². The van der Waals surface area contributed by atoms with Gasteiger partial charge >= 0.3 is 0 Å². The van der Waals surface area contributed by atoms with Gasteiger partial charge in [-0.15, -0.1) is 12.4 Å². The molecule has 64 valence electrons. The number of benzene rings is 1. The van der Waals surface area contributed by atoms with E-state index < -0.39 is 0 Å². The lowest BCUT2D eigenvalue weighted by molar-refractivity contribution is -0.104. The largest absolute Gasteiger partial charge is 0.299 e. The summed E-state index contributed by atoms with van der Waals surface area (Å²) in [6, 6.07) is 7.74. The average molecular weight is 248 g/mol. The molecule has 1 aromatic rings. The predicted molar refractivity (Wildman–Crippen MR) is 56.5 cm³/mol. The highest BCUT2D eigenvalue weighted by atomic mass is 79.9. The summed E-state index contributed by atoms with van der Waals surface area (Å²) in [4.78, 5) is 9.95. The van der Waals surface area contributed by atoms with Crippen LogP contribution >= 0.6 is 28.3 Å². The van der Waals surface area contributed by atoms with Crippen molar-refractivity contribution in [2.24, 2.45) is 0 Å². The first kappa shape index (κ1) is 11.4. The zero-order valence-electron chi connectivity index (χ0n) is 6.24. The Morgan fingerprint density at radius 3 is 2.25 bits per heavy atom. The van der Waals surface area contributed by atoms with Gasteiger partial charge in [-0.25, -0.2) is 0 Å². The van der Waals surface area contributed by atoms with E-state index in [-0.39, 0.29) is 12.4 Å². The highest BCUT2D eigenvalue weighted by Crippen LogP contribution is 2.10. The molecule has 0 fully saturated rings. The van der Waals surface area contributed by atoms with Crippen LogP contribution in [0.15, 0.2) is 34.8 Å². The summed E-state index contributed by atoms with van der Waals surface area (Å²) >= 11 is 3.32. The molecule has 0 atom stereocenters. The Morgan fingerprint density at radius 2 is 1.75 bits per heavy atom. The van der Waals surface area contributed by atoms with E-state index in [9.17, 15) is 4.79 Å². The Kier molecular flexibility index (Phi) is 5.68. The van der Waals surface area contributed by atoms with Gasteiger partial charge in [-0.05, 0) is 23.8 Å². The zero-order chi connectivity index (χ0) is 8.10. The first-order valence-electron chi connectivity index (χ1n) is 3.20. The second-order valence-corrected chi connectivity index (χ2v) is 2.96. The molecule has 0 spiro atoms. The maximum absolute atomic E-state index is 9.95. The normalized spacial score (nSPS) is 9.42. The number of aldehydes is 1. The van der Waals surface area contributed by atoms with Gasteiger partial charge in [0.1, 0.15) is 6.29 Å². The van der Waals surface area contributed by atoms with Gasteiger partial charge in [-0.1, -0.05) is 34.1 Å². The van der Waals surface area contributed by atoms with Crippen LogP contribution in [0.4, 0.5) is 0 Å². The lowest BCUT2D eigenvalue weighted by atomic mass is 10.2. The van der Waals surface area contributed by atoms with Crippen LogP contribution in [-0.4, -0.2) is 6.29 Å². The van der Waals surface area contributed by atoms with Crippen molar-refractivity contribution in [3.8, 4) is 0 Å². The second-order valence-electron chi connectivity index (χ2n) is 2.05. The predicted octanol–water partition coefficient (Wildman–Crippen LogP) is 3.08. The van der Waals surface area contributed by atoms with Gasteiger partial charge in [-0.3, -0.25) is 4.79 Å². The minimum absolute atomic E-state index is 0. The van der Waals surface area contributed by atoms with Crippen LogP contribution < -0.4 is 0 Å². The molecule has 12 heavy (non-hydrogen) atoms.